The highest BCUT2D eigenvalue weighted by Crippen LogP contribution is 2.22. The van der Waals surface area contributed by atoms with Crippen LogP contribution in [-0.4, -0.2) is 30.7 Å². The normalized spacial score (nSPS) is 10.8. The number of aryl methyl sites for hydroxylation is 2. The zero-order chi connectivity index (χ0) is 16.4. The molecular formula is C16H21N2O4+. The van der Waals surface area contributed by atoms with Crippen LogP contribution in [0.1, 0.15) is 40.4 Å². The van der Waals surface area contributed by atoms with Crippen molar-refractivity contribution >= 4 is 23.0 Å². The number of carbonyl (C=O) groups is 2. The Kier molecular flexibility index (Phi) is 4.49. The number of aromatic nitrogens is 2. The molecule has 1 aromatic carbocycles. The summed E-state index contributed by atoms with van der Waals surface area (Å²) in [6.07, 6.45) is 0. The lowest BCUT2D eigenvalue weighted by Gasteiger charge is -2.06. The van der Waals surface area contributed by atoms with Crippen molar-refractivity contribution in [2.45, 2.75) is 33.9 Å². The number of rotatable bonds is 4. The molecule has 2 aromatic rings. The van der Waals surface area contributed by atoms with Gasteiger partial charge in [-0.25, -0.2) is 18.7 Å². The largest absolute Gasteiger partial charge is 0.465 e. The average molecular weight is 305 g/mol. The van der Waals surface area contributed by atoms with Crippen LogP contribution in [0.25, 0.3) is 11.0 Å². The van der Waals surface area contributed by atoms with Gasteiger partial charge in [-0.2, -0.15) is 0 Å². The van der Waals surface area contributed by atoms with Gasteiger partial charge in [0.05, 0.1) is 38.4 Å². The lowest BCUT2D eigenvalue weighted by molar-refractivity contribution is -0.674. The molecule has 0 saturated heterocycles. The summed E-state index contributed by atoms with van der Waals surface area (Å²) in [7, 11) is 2.59. The molecule has 0 saturated carbocycles. The summed E-state index contributed by atoms with van der Waals surface area (Å²) < 4.78 is 13.8. The Morgan fingerprint density at radius 1 is 1.09 bits per heavy atom. The van der Waals surface area contributed by atoms with Gasteiger partial charge in [0.1, 0.15) is 0 Å². The fraction of sp³-hybridized carbons (Fsp3) is 0.438. The third kappa shape index (κ3) is 2.34. The second-order valence-electron chi connectivity index (χ2n) is 4.91. The monoisotopic (exact) mass is 305 g/mol. The molecule has 0 N–H and O–H groups in total. The number of carbonyl (C=O) groups excluding carboxylic acids is 2. The van der Waals surface area contributed by atoms with Gasteiger partial charge in [-0.1, -0.05) is 0 Å². The van der Waals surface area contributed by atoms with Crippen LogP contribution in [0, 0.1) is 6.92 Å². The maximum absolute atomic E-state index is 12.0. The van der Waals surface area contributed by atoms with Crippen LogP contribution < -0.4 is 4.57 Å². The molecule has 0 atom stereocenters. The Bertz CT molecular complexity index is 685. The SMILES string of the molecule is CCn1c(C)[n+](CC)c2cc(C(=O)OC)c(C(=O)OC)cc21. The number of methoxy groups -OCH3 is 2. The Morgan fingerprint density at radius 2 is 1.64 bits per heavy atom. The summed E-state index contributed by atoms with van der Waals surface area (Å²) >= 11 is 0. The Balaban J connectivity index is 2.88. The molecule has 6 nitrogen and oxygen atoms in total. The number of imidazole rings is 1. The number of esters is 2. The van der Waals surface area contributed by atoms with E-state index < -0.39 is 11.9 Å². The molecule has 0 aliphatic carbocycles. The van der Waals surface area contributed by atoms with Crippen molar-refractivity contribution in [1.29, 1.82) is 0 Å². The highest BCUT2D eigenvalue weighted by Gasteiger charge is 2.27. The van der Waals surface area contributed by atoms with E-state index in [0.29, 0.717) is 0 Å². The number of benzene rings is 1. The van der Waals surface area contributed by atoms with Crippen molar-refractivity contribution in [3.05, 3.63) is 29.1 Å². The number of hydrogen-bond acceptors (Lipinski definition) is 4. The van der Waals surface area contributed by atoms with E-state index in [1.807, 2.05) is 20.8 Å². The van der Waals surface area contributed by atoms with E-state index in [1.54, 1.807) is 12.1 Å². The van der Waals surface area contributed by atoms with E-state index in [-0.39, 0.29) is 11.1 Å². The Morgan fingerprint density at radius 3 is 2.09 bits per heavy atom. The van der Waals surface area contributed by atoms with E-state index in [2.05, 4.69) is 9.13 Å². The third-order valence-electron chi connectivity index (χ3n) is 3.92. The zero-order valence-corrected chi connectivity index (χ0v) is 13.6. The van der Waals surface area contributed by atoms with Crippen molar-refractivity contribution in [1.82, 2.24) is 4.57 Å². The molecule has 2 rings (SSSR count). The van der Waals surface area contributed by atoms with Crippen molar-refractivity contribution in [3.8, 4) is 0 Å². The van der Waals surface area contributed by atoms with Gasteiger partial charge in [-0.05, 0) is 13.8 Å². The van der Waals surface area contributed by atoms with Crippen molar-refractivity contribution < 1.29 is 23.6 Å². The minimum atomic E-state index is -0.549. The van der Waals surface area contributed by atoms with E-state index >= 15 is 0 Å². The van der Waals surface area contributed by atoms with Gasteiger partial charge in [0.2, 0.25) is 0 Å². The molecule has 0 unspecified atom stereocenters. The van der Waals surface area contributed by atoms with Crippen molar-refractivity contribution in [3.63, 3.8) is 0 Å². The first-order valence-electron chi connectivity index (χ1n) is 7.23. The van der Waals surface area contributed by atoms with Crippen LogP contribution in [0.15, 0.2) is 12.1 Å². The molecule has 6 heteroatoms. The van der Waals surface area contributed by atoms with E-state index in [9.17, 15) is 9.59 Å². The summed E-state index contributed by atoms with van der Waals surface area (Å²) in [5.41, 5.74) is 2.24. The fourth-order valence-electron chi connectivity index (χ4n) is 2.86. The lowest BCUT2D eigenvalue weighted by atomic mass is 10.1. The van der Waals surface area contributed by atoms with Gasteiger partial charge in [-0.3, -0.25) is 0 Å². The molecule has 0 aliphatic rings. The minimum absolute atomic E-state index is 0.220. The summed E-state index contributed by atoms with van der Waals surface area (Å²) in [6.45, 7) is 7.64. The summed E-state index contributed by atoms with van der Waals surface area (Å²) in [6, 6.07) is 3.41. The molecule has 1 aromatic heterocycles. The van der Waals surface area contributed by atoms with Gasteiger partial charge in [0.15, 0.2) is 11.0 Å². The molecule has 22 heavy (non-hydrogen) atoms. The first-order valence-corrected chi connectivity index (χ1v) is 7.23. The standard InChI is InChI=1S/C16H21N2O4/c1-6-17-10(3)18(7-2)14-9-12(16(20)22-5)11(8-13(14)17)15(19)21-4/h8-9H,6-7H2,1-5H3/q+1. The van der Waals surface area contributed by atoms with Crippen LogP contribution in [0.5, 0.6) is 0 Å². The Labute approximate surface area is 129 Å². The molecule has 0 fully saturated rings. The summed E-state index contributed by atoms with van der Waals surface area (Å²) in [4.78, 5) is 24.0. The van der Waals surface area contributed by atoms with Gasteiger partial charge in [0.25, 0.3) is 5.82 Å². The first kappa shape index (κ1) is 16.0. The average Bonchev–Trinajstić information content (AvgIpc) is 2.81. The molecular weight excluding hydrogens is 284 g/mol. The predicted octanol–water partition coefficient (Wildman–Crippen LogP) is 1.85. The maximum Gasteiger partial charge on any atom is 0.338 e. The van der Waals surface area contributed by atoms with Crippen molar-refractivity contribution in [2.75, 3.05) is 14.2 Å². The third-order valence-corrected chi connectivity index (χ3v) is 3.92. The lowest BCUT2D eigenvalue weighted by Crippen LogP contribution is -2.35. The van der Waals surface area contributed by atoms with Gasteiger partial charge in [-0.15, -0.1) is 0 Å². The van der Waals surface area contributed by atoms with Crippen LogP contribution in [0.3, 0.4) is 0 Å². The molecule has 118 valence electrons. The number of hydrogen-bond donors (Lipinski definition) is 0. The molecule has 0 aliphatic heterocycles. The van der Waals surface area contributed by atoms with Gasteiger partial charge >= 0.3 is 11.9 Å². The first-order chi connectivity index (χ1) is 10.5. The second-order valence-corrected chi connectivity index (χ2v) is 4.91. The highest BCUT2D eigenvalue weighted by molar-refractivity contribution is 6.06. The van der Waals surface area contributed by atoms with Crippen LogP contribution in [0.4, 0.5) is 0 Å². The molecule has 0 amide bonds. The maximum atomic E-state index is 12.0. The number of nitrogens with zero attached hydrogens (tertiary/aromatic N) is 2. The summed E-state index contributed by atoms with van der Waals surface area (Å²) in [5, 5.41) is 0. The zero-order valence-electron chi connectivity index (χ0n) is 13.6. The van der Waals surface area contributed by atoms with E-state index in [0.717, 1.165) is 29.9 Å². The van der Waals surface area contributed by atoms with Gasteiger partial charge in [0, 0.05) is 19.1 Å². The summed E-state index contributed by atoms with van der Waals surface area (Å²) in [5.74, 6) is -0.0310. The second kappa shape index (κ2) is 6.17. The molecule has 0 radical (unpaired) electrons. The fourth-order valence-corrected chi connectivity index (χ4v) is 2.86. The van der Waals surface area contributed by atoms with Gasteiger partial charge < -0.3 is 9.47 Å². The topological polar surface area (TPSA) is 61.4 Å². The quantitative estimate of drug-likeness (QED) is 0.639. The smallest absolute Gasteiger partial charge is 0.338 e. The minimum Gasteiger partial charge on any atom is -0.465 e. The van der Waals surface area contributed by atoms with Crippen LogP contribution in [-0.2, 0) is 22.6 Å². The van der Waals surface area contributed by atoms with E-state index in [1.165, 1.54) is 14.2 Å². The van der Waals surface area contributed by atoms with E-state index in [4.69, 9.17) is 9.47 Å². The molecule has 0 spiro atoms. The predicted molar refractivity (Wildman–Crippen MR) is 80.9 cm³/mol. The number of fused-ring (bicyclic) bond motifs is 1. The van der Waals surface area contributed by atoms with Crippen LogP contribution >= 0.6 is 0 Å². The Hall–Kier alpha value is -2.37. The highest BCUT2D eigenvalue weighted by atomic mass is 16.5. The van der Waals surface area contributed by atoms with Crippen LogP contribution in [0.2, 0.25) is 0 Å². The molecule has 0 bridgehead atoms. The molecule has 1 heterocycles. The van der Waals surface area contributed by atoms with Crippen molar-refractivity contribution in [2.24, 2.45) is 0 Å². The number of ether oxygens (including phenoxy) is 2.